The lowest BCUT2D eigenvalue weighted by Crippen LogP contribution is -2.29. The fraction of sp³-hybridized carbons (Fsp3) is 0.500. The van der Waals surface area contributed by atoms with E-state index in [2.05, 4.69) is 5.32 Å². The SMILES string of the molecule is NCC1CCC(C(=O)Nc2cc(Cl)cc(Cl)c2)CC1. The van der Waals surface area contributed by atoms with E-state index in [9.17, 15) is 4.79 Å². The average molecular weight is 301 g/mol. The molecule has 0 bridgehead atoms. The molecule has 2 rings (SSSR count). The Morgan fingerprint density at radius 2 is 1.74 bits per heavy atom. The number of halogens is 2. The molecular weight excluding hydrogens is 283 g/mol. The van der Waals surface area contributed by atoms with E-state index in [1.165, 1.54) is 0 Å². The van der Waals surface area contributed by atoms with Crippen LogP contribution in [0.2, 0.25) is 10.0 Å². The summed E-state index contributed by atoms with van der Waals surface area (Å²) in [7, 11) is 0. The van der Waals surface area contributed by atoms with Crippen LogP contribution in [0.25, 0.3) is 0 Å². The van der Waals surface area contributed by atoms with E-state index < -0.39 is 0 Å². The summed E-state index contributed by atoms with van der Waals surface area (Å²) in [6.45, 7) is 0.720. The highest BCUT2D eigenvalue weighted by molar-refractivity contribution is 6.35. The summed E-state index contributed by atoms with van der Waals surface area (Å²) in [5, 5.41) is 3.93. The minimum absolute atomic E-state index is 0.0498. The molecule has 1 amide bonds. The zero-order chi connectivity index (χ0) is 13.8. The number of carbonyl (C=O) groups excluding carboxylic acids is 1. The van der Waals surface area contributed by atoms with Crippen molar-refractivity contribution in [2.24, 2.45) is 17.6 Å². The molecule has 104 valence electrons. The standard InChI is InChI=1S/C14H18Cl2N2O/c15-11-5-12(16)7-13(6-11)18-14(19)10-3-1-9(8-17)2-4-10/h5-7,9-10H,1-4,8,17H2,(H,18,19). The number of amides is 1. The third-order valence-corrected chi connectivity index (χ3v) is 4.12. The third kappa shape index (κ3) is 4.10. The van der Waals surface area contributed by atoms with Crippen molar-refractivity contribution in [1.29, 1.82) is 0 Å². The number of benzene rings is 1. The van der Waals surface area contributed by atoms with Crippen LogP contribution in [0, 0.1) is 11.8 Å². The van der Waals surface area contributed by atoms with E-state index in [1.54, 1.807) is 18.2 Å². The van der Waals surface area contributed by atoms with Gasteiger partial charge in [0.15, 0.2) is 0 Å². The molecule has 0 spiro atoms. The lowest BCUT2D eigenvalue weighted by Gasteiger charge is -2.26. The Balaban J connectivity index is 1.94. The molecule has 0 aromatic heterocycles. The highest BCUT2D eigenvalue weighted by Crippen LogP contribution is 2.29. The van der Waals surface area contributed by atoms with Gasteiger partial charge in [-0.05, 0) is 56.3 Å². The largest absolute Gasteiger partial charge is 0.330 e. The fourth-order valence-corrected chi connectivity index (χ4v) is 3.06. The zero-order valence-electron chi connectivity index (χ0n) is 10.7. The molecule has 1 aliphatic rings. The van der Waals surface area contributed by atoms with Gasteiger partial charge < -0.3 is 11.1 Å². The van der Waals surface area contributed by atoms with E-state index in [-0.39, 0.29) is 11.8 Å². The number of carbonyl (C=O) groups is 1. The normalized spacial score (nSPS) is 23.1. The Labute approximate surface area is 123 Å². The van der Waals surface area contributed by atoms with Gasteiger partial charge >= 0.3 is 0 Å². The maximum absolute atomic E-state index is 12.2. The molecule has 3 N–H and O–H groups in total. The first-order valence-corrected chi connectivity index (χ1v) is 7.31. The highest BCUT2D eigenvalue weighted by atomic mass is 35.5. The molecule has 0 radical (unpaired) electrons. The molecule has 0 atom stereocenters. The first-order chi connectivity index (χ1) is 9.08. The Morgan fingerprint density at radius 1 is 1.16 bits per heavy atom. The predicted molar refractivity (Wildman–Crippen MR) is 79.6 cm³/mol. The number of rotatable bonds is 3. The van der Waals surface area contributed by atoms with E-state index >= 15 is 0 Å². The lowest BCUT2D eigenvalue weighted by atomic mass is 9.81. The van der Waals surface area contributed by atoms with Gasteiger partial charge in [0.1, 0.15) is 0 Å². The van der Waals surface area contributed by atoms with Crippen LogP contribution in [0.1, 0.15) is 25.7 Å². The molecule has 0 unspecified atom stereocenters. The second kappa shape index (κ2) is 6.60. The molecule has 1 saturated carbocycles. The molecule has 1 aromatic rings. The Morgan fingerprint density at radius 3 is 2.26 bits per heavy atom. The minimum atomic E-state index is 0.0498. The van der Waals surface area contributed by atoms with Gasteiger partial charge in [0.25, 0.3) is 0 Å². The number of anilines is 1. The summed E-state index contributed by atoms with van der Waals surface area (Å²) < 4.78 is 0. The van der Waals surface area contributed by atoms with Gasteiger partial charge in [-0.1, -0.05) is 23.2 Å². The van der Waals surface area contributed by atoms with Gasteiger partial charge in [-0.3, -0.25) is 4.79 Å². The summed E-state index contributed by atoms with van der Waals surface area (Å²) in [5.74, 6) is 0.694. The topological polar surface area (TPSA) is 55.1 Å². The van der Waals surface area contributed by atoms with Crippen molar-refractivity contribution < 1.29 is 4.79 Å². The van der Waals surface area contributed by atoms with Crippen LogP contribution in [0.3, 0.4) is 0 Å². The maximum Gasteiger partial charge on any atom is 0.227 e. The number of hydrogen-bond acceptors (Lipinski definition) is 2. The van der Waals surface area contributed by atoms with Gasteiger partial charge in [0.05, 0.1) is 0 Å². The van der Waals surface area contributed by atoms with Crippen molar-refractivity contribution in [2.75, 3.05) is 11.9 Å². The lowest BCUT2D eigenvalue weighted by molar-refractivity contribution is -0.121. The molecule has 0 heterocycles. The summed E-state index contributed by atoms with van der Waals surface area (Å²) in [6, 6.07) is 5.05. The molecule has 0 aliphatic heterocycles. The van der Waals surface area contributed by atoms with Gasteiger partial charge in [-0.2, -0.15) is 0 Å². The number of hydrogen-bond donors (Lipinski definition) is 2. The van der Waals surface area contributed by atoms with E-state index in [4.69, 9.17) is 28.9 Å². The van der Waals surface area contributed by atoms with E-state index in [0.717, 1.165) is 32.2 Å². The molecular formula is C14H18Cl2N2O. The highest BCUT2D eigenvalue weighted by Gasteiger charge is 2.25. The summed E-state index contributed by atoms with van der Waals surface area (Å²) in [4.78, 5) is 12.2. The smallest absolute Gasteiger partial charge is 0.227 e. The quantitative estimate of drug-likeness (QED) is 0.894. The van der Waals surface area contributed by atoms with Crippen molar-refractivity contribution in [1.82, 2.24) is 0 Å². The number of nitrogens with two attached hydrogens (primary N) is 1. The van der Waals surface area contributed by atoms with Crippen molar-refractivity contribution in [2.45, 2.75) is 25.7 Å². The average Bonchev–Trinajstić information content (AvgIpc) is 2.37. The fourth-order valence-electron chi connectivity index (χ4n) is 2.53. The molecule has 1 fully saturated rings. The van der Waals surface area contributed by atoms with Crippen molar-refractivity contribution in [3.05, 3.63) is 28.2 Å². The van der Waals surface area contributed by atoms with E-state index in [1.807, 2.05) is 0 Å². The van der Waals surface area contributed by atoms with Crippen LogP contribution in [0.15, 0.2) is 18.2 Å². The molecule has 19 heavy (non-hydrogen) atoms. The first-order valence-electron chi connectivity index (χ1n) is 6.55. The Hall–Kier alpha value is -0.770. The minimum Gasteiger partial charge on any atom is -0.330 e. The molecule has 1 aliphatic carbocycles. The summed E-state index contributed by atoms with van der Waals surface area (Å²) in [5.41, 5.74) is 6.31. The van der Waals surface area contributed by atoms with Crippen LogP contribution < -0.4 is 11.1 Å². The second-order valence-corrected chi connectivity index (χ2v) is 5.97. The third-order valence-electron chi connectivity index (χ3n) is 3.68. The number of nitrogens with one attached hydrogen (secondary N) is 1. The zero-order valence-corrected chi connectivity index (χ0v) is 12.2. The van der Waals surface area contributed by atoms with Gasteiger partial charge in [-0.15, -0.1) is 0 Å². The van der Waals surface area contributed by atoms with Crippen LogP contribution >= 0.6 is 23.2 Å². The van der Waals surface area contributed by atoms with E-state index in [0.29, 0.717) is 21.7 Å². The molecule has 5 heteroatoms. The molecule has 0 saturated heterocycles. The van der Waals surface area contributed by atoms with Gasteiger partial charge in [0.2, 0.25) is 5.91 Å². The monoisotopic (exact) mass is 300 g/mol. The van der Waals surface area contributed by atoms with Crippen LogP contribution in [-0.4, -0.2) is 12.5 Å². The second-order valence-electron chi connectivity index (χ2n) is 5.10. The van der Waals surface area contributed by atoms with Crippen LogP contribution in [-0.2, 0) is 4.79 Å². The maximum atomic E-state index is 12.2. The summed E-state index contributed by atoms with van der Waals surface area (Å²) >= 11 is 11.8. The first kappa shape index (κ1) is 14.6. The molecule has 3 nitrogen and oxygen atoms in total. The summed E-state index contributed by atoms with van der Waals surface area (Å²) in [6.07, 6.45) is 3.87. The van der Waals surface area contributed by atoms with Crippen molar-refractivity contribution in [3.63, 3.8) is 0 Å². The Bertz CT molecular complexity index is 437. The molecule has 1 aromatic carbocycles. The van der Waals surface area contributed by atoms with Crippen molar-refractivity contribution in [3.8, 4) is 0 Å². The van der Waals surface area contributed by atoms with Crippen LogP contribution in [0.5, 0.6) is 0 Å². The van der Waals surface area contributed by atoms with Crippen LogP contribution in [0.4, 0.5) is 5.69 Å². The van der Waals surface area contributed by atoms with Gasteiger partial charge in [-0.25, -0.2) is 0 Å². The Kier molecular flexibility index (Phi) is 5.08. The van der Waals surface area contributed by atoms with Gasteiger partial charge in [0, 0.05) is 21.7 Å². The predicted octanol–water partition coefficient (Wildman–Crippen LogP) is 3.70. The van der Waals surface area contributed by atoms with Crippen molar-refractivity contribution >= 4 is 34.8 Å².